The Labute approximate surface area is 86.3 Å². The Kier molecular flexibility index (Phi) is 4.45. The third-order valence-electron chi connectivity index (χ3n) is 1.46. The van der Waals surface area contributed by atoms with Gasteiger partial charge in [-0.3, -0.25) is 4.79 Å². The maximum absolute atomic E-state index is 10.3. The van der Waals surface area contributed by atoms with E-state index < -0.39 is 12.0 Å². The smallest absolute Gasteiger partial charge is 0.322 e. The molecule has 0 aliphatic heterocycles. The largest absolute Gasteiger partial charge is 0.480 e. The number of hydrogen-bond acceptors (Lipinski definition) is 4. The molecule has 0 radical (unpaired) electrons. The van der Waals surface area contributed by atoms with Crippen LogP contribution in [0, 0.1) is 0 Å². The van der Waals surface area contributed by atoms with Gasteiger partial charge in [0, 0.05) is 16.9 Å². The lowest BCUT2D eigenvalue weighted by Gasteiger charge is -2.05. The van der Waals surface area contributed by atoms with Crippen molar-refractivity contribution in [1.82, 2.24) is 0 Å². The van der Waals surface area contributed by atoms with E-state index in [1.807, 2.05) is 30.3 Å². The number of carboxylic acids is 1. The maximum atomic E-state index is 10.3. The zero-order valence-corrected chi connectivity index (χ0v) is 8.24. The van der Waals surface area contributed by atoms with Crippen molar-refractivity contribution in [3.05, 3.63) is 30.3 Å². The van der Waals surface area contributed by atoms with E-state index in [9.17, 15) is 4.79 Å². The Morgan fingerprint density at radius 3 is 2.71 bits per heavy atom. The average molecular weight is 213 g/mol. The van der Waals surface area contributed by atoms with Crippen molar-refractivity contribution in [2.24, 2.45) is 5.73 Å². The molecule has 0 aromatic heterocycles. The van der Waals surface area contributed by atoms with Gasteiger partial charge in [-0.1, -0.05) is 18.2 Å². The summed E-state index contributed by atoms with van der Waals surface area (Å²) in [5.74, 6) is -1.06. The molecule has 0 spiro atoms. The molecule has 76 valence electrons. The van der Waals surface area contributed by atoms with Crippen molar-refractivity contribution in [3.63, 3.8) is 0 Å². The molecular weight excluding hydrogens is 202 g/mol. The second kappa shape index (κ2) is 5.64. The molecule has 1 atom stereocenters. The molecule has 0 saturated carbocycles. The number of carbonyl (C=O) groups is 1. The summed E-state index contributed by atoms with van der Waals surface area (Å²) in [7, 11) is 0. The molecule has 1 rings (SSSR count). The van der Waals surface area contributed by atoms with Crippen molar-refractivity contribution in [2.45, 2.75) is 10.9 Å². The summed E-state index contributed by atoms with van der Waals surface area (Å²) >= 11 is 1.12. The minimum absolute atomic E-state index is 0.00507. The minimum atomic E-state index is -1.06. The number of benzene rings is 1. The molecule has 1 unspecified atom stereocenters. The van der Waals surface area contributed by atoms with Gasteiger partial charge in [0.2, 0.25) is 0 Å². The van der Waals surface area contributed by atoms with Crippen LogP contribution in [0.1, 0.15) is 0 Å². The first-order valence-electron chi connectivity index (χ1n) is 4.03. The van der Waals surface area contributed by atoms with Crippen LogP contribution in [0.15, 0.2) is 35.2 Å². The molecule has 0 amide bonds. The van der Waals surface area contributed by atoms with Gasteiger partial charge in [-0.15, -0.1) is 0 Å². The Balaban J connectivity index is 2.26. The van der Waals surface area contributed by atoms with Gasteiger partial charge in [-0.2, -0.15) is 0 Å². The highest BCUT2D eigenvalue weighted by molar-refractivity contribution is 7.94. The Hall–Kier alpha value is -1.04. The van der Waals surface area contributed by atoms with E-state index >= 15 is 0 Å². The fourth-order valence-corrected chi connectivity index (χ4v) is 1.34. The van der Waals surface area contributed by atoms with E-state index in [2.05, 4.69) is 0 Å². The Morgan fingerprint density at radius 1 is 1.50 bits per heavy atom. The van der Waals surface area contributed by atoms with Gasteiger partial charge >= 0.3 is 5.97 Å². The molecule has 14 heavy (non-hydrogen) atoms. The normalized spacial score (nSPS) is 12.4. The average Bonchev–Trinajstić information content (AvgIpc) is 2.19. The standard InChI is InChI=1S/C9H11NO3S/c10-8(9(11)12)6-13-14-7-4-2-1-3-5-7/h1-5,8H,6,10H2,(H,11,12). The van der Waals surface area contributed by atoms with Crippen LogP contribution in [0.3, 0.4) is 0 Å². The lowest BCUT2D eigenvalue weighted by Crippen LogP contribution is -2.34. The van der Waals surface area contributed by atoms with Crippen LogP contribution < -0.4 is 5.73 Å². The van der Waals surface area contributed by atoms with Crippen LogP contribution in [-0.4, -0.2) is 23.7 Å². The Morgan fingerprint density at radius 2 is 2.14 bits per heavy atom. The predicted octanol–water partition coefficient (Wildman–Crippen LogP) is 1.12. The van der Waals surface area contributed by atoms with Crippen molar-refractivity contribution >= 4 is 18.0 Å². The third kappa shape index (κ3) is 3.78. The predicted molar refractivity (Wildman–Crippen MR) is 53.9 cm³/mol. The molecule has 0 saturated heterocycles. The molecule has 0 bridgehead atoms. The fourth-order valence-electron chi connectivity index (χ4n) is 0.723. The summed E-state index contributed by atoms with van der Waals surface area (Å²) < 4.78 is 5.05. The van der Waals surface area contributed by atoms with E-state index in [1.165, 1.54) is 0 Å². The van der Waals surface area contributed by atoms with Crippen LogP contribution in [0.5, 0.6) is 0 Å². The molecule has 1 aromatic carbocycles. The van der Waals surface area contributed by atoms with Crippen LogP contribution >= 0.6 is 12.0 Å². The van der Waals surface area contributed by atoms with E-state index in [-0.39, 0.29) is 6.61 Å². The summed E-state index contributed by atoms with van der Waals surface area (Å²) in [6.07, 6.45) is 0. The summed E-state index contributed by atoms with van der Waals surface area (Å²) in [5, 5.41) is 8.46. The summed E-state index contributed by atoms with van der Waals surface area (Å²) in [6.45, 7) is -0.00507. The lowest BCUT2D eigenvalue weighted by molar-refractivity contribution is -0.139. The van der Waals surface area contributed by atoms with Crippen LogP contribution in [0.2, 0.25) is 0 Å². The Bertz CT molecular complexity index is 291. The van der Waals surface area contributed by atoms with Gasteiger partial charge in [-0.25, -0.2) is 0 Å². The van der Waals surface area contributed by atoms with Crippen LogP contribution in [0.4, 0.5) is 0 Å². The van der Waals surface area contributed by atoms with Gasteiger partial charge < -0.3 is 15.0 Å². The zero-order chi connectivity index (χ0) is 10.4. The van der Waals surface area contributed by atoms with Gasteiger partial charge in [0.25, 0.3) is 0 Å². The van der Waals surface area contributed by atoms with Crippen molar-refractivity contribution < 1.29 is 14.1 Å². The third-order valence-corrected chi connectivity index (χ3v) is 2.18. The lowest BCUT2D eigenvalue weighted by atomic mass is 10.3. The molecule has 4 nitrogen and oxygen atoms in total. The molecular formula is C9H11NO3S. The minimum Gasteiger partial charge on any atom is -0.480 e. The molecule has 0 aliphatic rings. The van der Waals surface area contributed by atoms with Gasteiger partial charge in [0.15, 0.2) is 0 Å². The number of aliphatic carboxylic acids is 1. The first-order chi connectivity index (χ1) is 6.70. The van der Waals surface area contributed by atoms with Crippen LogP contribution in [0.25, 0.3) is 0 Å². The molecule has 0 aliphatic carbocycles. The molecule has 1 aromatic rings. The SMILES string of the molecule is NC(COSc1ccccc1)C(=O)O. The summed E-state index contributed by atoms with van der Waals surface area (Å²) in [6, 6.07) is 8.43. The van der Waals surface area contributed by atoms with Crippen LogP contribution in [-0.2, 0) is 8.98 Å². The highest BCUT2D eigenvalue weighted by Gasteiger charge is 2.11. The molecule has 3 N–H and O–H groups in total. The van der Waals surface area contributed by atoms with E-state index in [4.69, 9.17) is 15.0 Å². The van der Waals surface area contributed by atoms with Gasteiger partial charge in [0.05, 0.1) is 6.61 Å². The van der Waals surface area contributed by atoms with Gasteiger partial charge in [-0.05, 0) is 12.1 Å². The number of nitrogens with two attached hydrogens (primary N) is 1. The molecule has 5 heteroatoms. The highest BCUT2D eigenvalue weighted by atomic mass is 32.2. The molecule has 0 heterocycles. The quantitative estimate of drug-likeness (QED) is 0.717. The van der Waals surface area contributed by atoms with Crippen molar-refractivity contribution in [2.75, 3.05) is 6.61 Å². The number of rotatable bonds is 5. The number of hydrogen-bond donors (Lipinski definition) is 2. The summed E-state index contributed by atoms with van der Waals surface area (Å²) in [4.78, 5) is 11.2. The zero-order valence-electron chi connectivity index (χ0n) is 7.42. The van der Waals surface area contributed by atoms with E-state index in [0.717, 1.165) is 16.9 Å². The monoisotopic (exact) mass is 213 g/mol. The van der Waals surface area contributed by atoms with Crippen molar-refractivity contribution in [3.8, 4) is 0 Å². The van der Waals surface area contributed by atoms with E-state index in [0.29, 0.717) is 0 Å². The number of carboxylic acid groups (broad SMARTS) is 1. The van der Waals surface area contributed by atoms with Gasteiger partial charge in [0.1, 0.15) is 6.04 Å². The first kappa shape index (κ1) is 11.0. The molecule has 0 fully saturated rings. The van der Waals surface area contributed by atoms with E-state index in [1.54, 1.807) is 0 Å². The highest BCUT2D eigenvalue weighted by Crippen LogP contribution is 2.17. The fraction of sp³-hybridized carbons (Fsp3) is 0.222. The topological polar surface area (TPSA) is 72.5 Å². The summed E-state index contributed by atoms with van der Waals surface area (Å²) in [5.41, 5.74) is 5.24. The maximum Gasteiger partial charge on any atom is 0.322 e. The van der Waals surface area contributed by atoms with Crippen molar-refractivity contribution in [1.29, 1.82) is 0 Å². The first-order valence-corrected chi connectivity index (χ1v) is 4.77. The second-order valence-corrected chi connectivity index (χ2v) is 3.50. The second-order valence-electron chi connectivity index (χ2n) is 2.63.